The number of nitrogens with two attached hydrogens (primary N) is 1. The monoisotopic (exact) mass is 257 g/mol. The molecule has 19 heavy (non-hydrogen) atoms. The molecule has 0 atom stereocenters. The standard InChI is InChI=1S/C14H12FN3O/c15-10-4-2-1-3-9(10)14-17-7-11(16)12(18-14)13(19)8-5-6-8/h1-4,7,19H,5-6,16H2. The van der Waals surface area contributed by atoms with Crippen LogP contribution in [0.2, 0.25) is 0 Å². The molecule has 0 radical (unpaired) electrons. The van der Waals surface area contributed by atoms with Crippen LogP contribution in [-0.4, -0.2) is 15.1 Å². The first-order chi connectivity index (χ1) is 9.16. The van der Waals surface area contributed by atoms with Crippen LogP contribution in [0.4, 0.5) is 10.1 Å². The smallest absolute Gasteiger partial charge is 0.163 e. The number of rotatable bonds is 2. The quantitative estimate of drug-likeness (QED) is 0.811. The van der Waals surface area contributed by atoms with Crippen molar-refractivity contribution in [2.75, 3.05) is 5.73 Å². The third kappa shape index (κ3) is 2.14. The highest BCUT2D eigenvalue weighted by atomic mass is 19.1. The fourth-order valence-corrected chi connectivity index (χ4v) is 1.82. The summed E-state index contributed by atoms with van der Waals surface area (Å²) in [4.78, 5) is 8.20. The van der Waals surface area contributed by atoms with Crippen LogP contribution in [0, 0.1) is 5.82 Å². The normalized spacial score (nSPS) is 13.4. The van der Waals surface area contributed by atoms with Gasteiger partial charge in [-0.1, -0.05) is 12.1 Å². The van der Waals surface area contributed by atoms with E-state index in [0.29, 0.717) is 0 Å². The van der Waals surface area contributed by atoms with Crippen LogP contribution in [0.5, 0.6) is 0 Å². The minimum atomic E-state index is -0.406. The van der Waals surface area contributed by atoms with Gasteiger partial charge in [0.2, 0.25) is 0 Å². The molecular formula is C14H12FN3O. The maximum atomic E-state index is 13.7. The summed E-state index contributed by atoms with van der Waals surface area (Å²) < 4.78 is 13.7. The Morgan fingerprint density at radius 2 is 2.00 bits per heavy atom. The Balaban J connectivity index is 2.12. The van der Waals surface area contributed by atoms with E-state index in [1.54, 1.807) is 18.2 Å². The number of nitrogen functional groups attached to an aromatic ring is 1. The Morgan fingerprint density at radius 1 is 1.26 bits per heavy atom. The van der Waals surface area contributed by atoms with Gasteiger partial charge >= 0.3 is 0 Å². The van der Waals surface area contributed by atoms with Crippen LogP contribution in [-0.2, 0) is 0 Å². The van der Waals surface area contributed by atoms with E-state index >= 15 is 0 Å². The third-order valence-corrected chi connectivity index (χ3v) is 2.99. The van der Waals surface area contributed by atoms with Crippen molar-refractivity contribution in [3.63, 3.8) is 0 Å². The zero-order chi connectivity index (χ0) is 13.4. The summed E-state index contributed by atoms with van der Waals surface area (Å²) in [5.74, 6) is -0.0932. The lowest BCUT2D eigenvalue weighted by Gasteiger charge is -2.07. The molecule has 0 saturated heterocycles. The van der Waals surface area contributed by atoms with E-state index in [2.05, 4.69) is 9.97 Å². The minimum Gasteiger partial charge on any atom is -0.506 e. The van der Waals surface area contributed by atoms with Crippen molar-refractivity contribution < 1.29 is 9.50 Å². The molecule has 1 fully saturated rings. The molecule has 3 rings (SSSR count). The number of aliphatic hydroxyl groups excluding tert-OH is 1. The molecule has 1 aliphatic carbocycles. The SMILES string of the molecule is Nc1cnc(-c2ccccc2F)nc1C(O)=C1CC1. The summed E-state index contributed by atoms with van der Waals surface area (Å²) in [7, 11) is 0. The summed E-state index contributed by atoms with van der Waals surface area (Å²) in [6, 6.07) is 6.23. The van der Waals surface area contributed by atoms with Crippen LogP contribution in [0.15, 0.2) is 36.0 Å². The van der Waals surface area contributed by atoms with Crippen molar-refractivity contribution in [3.05, 3.63) is 47.5 Å². The maximum Gasteiger partial charge on any atom is 0.163 e. The Hall–Kier alpha value is -2.43. The van der Waals surface area contributed by atoms with Crippen LogP contribution >= 0.6 is 0 Å². The Bertz CT molecular complexity index is 676. The molecule has 0 unspecified atom stereocenters. The van der Waals surface area contributed by atoms with E-state index in [1.807, 2.05) is 0 Å². The second kappa shape index (κ2) is 4.35. The maximum absolute atomic E-state index is 13.7. The molecule has 1 saturated carbocycles. The van der Waals surface area contributed by atoms with Gasteiger partial charge < -0.3 is 10.8 Å². The molecule has 0 spiro atoms. The fraction of sp³-hybridized carbons (Fsp3) is 0.143. The lowest BCUT2D eigenvalue weighted by atomic mass is 10.2. The van der Waals surface area contributed by atoms with Crippen molar-refractivity contribution in [2.24, 2.45) is 0 Å². The van der Waals surface area contributed by atoms with Crippen molar-refractivity contribution in [3.8, 4) is 11.4 Å². The molecule has 3 N–H and O–H groups in total. The van der Waals surface area contributed by atoms with Crippen molar-refractivity contribution in [1.29, 1.82) is 0 Å². The average molecular weight is 257 g/mol. The predicted molar refractivity (Wildman–Crippen MR) is 70.6 cm³/mol. The number of benzene rings is 1. The molecule has 2 aromatic rings. The van der Waals surface area contributed by atoms with E-state index in [1.165, 1.54) is 12.3 Å². The van der Waals surface area contributed by atoms with Gasteiger partial charge in [0.1, 0.15) is 17.3 Å². The molecule has 1 aromatic heterocycles. The van der Waals surface area contributed by atoms with E-state index in [-0.39, 0.29) is 28.5 Å². The van der Waals surface area contributed by atoms with E-state index < -0.39 is 5.82 Å². The lowest BCUT2D eigenvalue weighted by Crippen LogP contribution is -2.02. The molecule has 5 heteroatoms. The fourth-order valence-electron chi connectivity index (χ4n) is 1.82. The number of aliphatic hydroxyl groups is 1. The van der Waals surface area contributed by atoms with Gasteiger partial charge in [-0.3, -0.25) is 0 Å². The first-order valence-corrected chi connectivity index (χ1v) is 5.95. The number of aromatic nitrogens is 2. The van der Waals surface area contributed by atoms with Gasteiger partial charge in [-0.25, -0.2) is 14.4 Å². The van der Waals surface area contributed by atoms with Gasteiger partial charge in [-0.2, -0.15) is 0 Å². The number of allylic oxidation sites excluding steroid dienone is 1. The number of halogens is 1. The van der Waals surface area contributed by atoms with Crippen LogP contribution in [0.25, 0.3) is 17.1 Å². The van der Waals surface area contributed by atoms with Crippen molar-refractivity contribution >= 4 is 11.4 Å². The highest BCUT2D eigenvalue weighted by Gasteiger charge is 2.22. The number of anilines is 1. The van der Waals surface area contributed by atoms with Gasteiger partial charge in [-0.15, -0.1) is 0 Å². The number of nitrogens with zero attached hydrogens (tertiary/aromatic N) is 2. The van der Waals surface area contributed by atoms with Gasteiger partial charge in [0.15, 0.2) is 5.82 Å². The second-order valence-corrected chi connectivity index (χ2v) is 4.43. The molecule has 1 aliphatic rings. The summed E-state index contributed by atoms with van der Waals surface area (Å²) in [6.45, 7) is 0. The van der Waals surface area contributed by atoms with Crippen molar-refractivity contribution in [2.45, 2.75) is 12.8 Å². The van der Waals surface area contributed by atoms with E-state index in [4.69, 9.17) is 5.73 Å². The molecular weight excluding hydrogens is 245 g/mol. The Labute approximate surface area is 109 Å². The van der Waals surface area contributed by atoms with E-state index in [9.17, 15) is 9.50 Å². The van der Waals surface area contributed by atoms with Gasteiger partial charge in [0.25, 0.3) is 0 Å². The summed E-state index contributed by atoms with van der Waals surface area (Å²) in [5.41, 5.74) is 7.54. The lowest BCUT2D eigenvalue weighted by molar-refractivity contribution is 0.506. The zero-order valence-electron chi connectivity index (χ0n) is 10.1. The first kappa shape index (κ1) is 11.6. The highest BCUT2D eigenvalue weighted by Crippen LogP contribution is 2.36. The van der Waals surface area contributed by atoms with Crippen LogP contribution < -0.4 is 5.73 Å². The number of hydrogen-bond acceptors (Lipinski definition) is 4. The molecule has 1 aromatic carbocycles. The second-order valence-electron chi connectivity index (χ2n) is 4.43. The van der Waals surface area contributed by atoms with Gasteiger partial charge in [0, 0.05) is 0 Å². The first-order valence-electron chi connectivity index (χ1n) is 5.95. The van der Waals surface area contributed by atoms with Crippen LogP contribution in [0.3, 0.4) is 0 Å². The van der Waals surface area contributed by atoms with E-state index in [0.717, 1.165) is 18.4 Å². The Morgan fingerprint density at radius 3 is 2.68 bits per heavy atom. The predicted octanol–water partition coefficient (Wildman–Crippen LogP) is 2.93. The highest BCUT2D eigenvalue weighted by molar-refractivity contribution is 5.72. The minimum absolute atomic E-state index is 0.0949. The topological polar surface area (TPSA) is 72.0 Å². The van der Waals surface area contributed by atoms with Gasteiger partial charge in [-0.05, 0) is 30.5 Å². The molecule has 0 amide bonds. The average Bonchev–Trinajstić information content (AvgIpc) is 3.24. The molecule has 0 bridgehead atoms. The molecule has 4 nitrogen and oxygen atoms in total. The summed E-state index contributed by atoms with van der Waals surface area (Å²) >= 11 is 0. The third-order valence-electron chi connectivity index (χ3n) is 2.99. The summed E-state index contributed by atoms with van der Waals surface area (Å²) in [5, 5.41) is 10.00. The molecule has 96 valence electrons. The Kier molecular flexibility index (Phi) is 2.67. The van der Waals surface area contributed by atoms with Gasteiger partial charge in [0.05, 0.1) is 17.4 Å². The summed E-state index contributed by atoms with van der Waals surface area (Å²) in [6.07, 6.45) is 3.10. The van der Waals surface area contributed by atoms with Crippen LogP contribution in [0.1, 0.15) is 18.5 Å². The zero-order valence-corrected chi connectivity index (χ0v) is 10.1. The molecule has 1 heterocycles. The largest absolute Gasteiger partial charge is 0.506 e. The molecule has 0 aliphatic heterocycles. The number of hydrogen-bond donors (Lipinski definition) is 2. The van der Waals surface area contributed by atoms with Crippen molar-refractivity contribution in [1.82, 2.24) is 9.97 Å².